The second-order valence-electron chi connectivity index (χ2n) is 6.59. The van der Waals surface area contributed by atoms with E-state index in [4.69, 9.17) is 12.2 Å². The van der Waals surface area contributed by atoms with Crippen molar-refractivity contribution in [3.63, 3.8) is 0 Å². The average molecular weight is 375 g/mol. The van der Waals surface area contributed by atoms with Gasteiger partial charge in [0.1, 0.15) is 0 Å². The van der Waals surface area contributed by atoms with Crippen molar-refractivity contribution in [2.75, 3.05) is 23.3 Å². The quantitative estimate of drug-likeness (QED) is 0.735. The summed E-state index contributed by atoms with van der Waals surface area (Å²) in [6.07, 6.45) is 3.82. The maximum Gasteiger partial charge on any atom is 0.171 e. The number of thiocarbonyl (C=S) groups is 1. The molecule has 2 aromatic rings. The number of benzene rings is 2. The molecule has 2 N–H and O–H groups in total. The van der Waals surface area contributed by atoms with E-state index in [0.717, 1.165) is 30.8 Å². The first-order valence-electron chi connectivity index (χ1n) is 8.90. The molecule has 26 heavy (non-hydrogen) atoms. The minimum absolute atomic E-state index is 0.00398. The lowest BCUT2D eigenvalue weighted by molar-refractivity contribution is 0.509. The topological polar surface area (TPSA) is 27.3 Å². The van der Waals surface area contributed by atoms with Gasteiger partial charge in [-0.05, 0) is 68.2 Å². The maximum atomic E-state index is 13.3. The van der Waals surface area contributed by atoms with Crippen LogP contribution in [0.4, 0.5) is 20.2 Å². The van der Waals surface area contributed by atoms with E-state index in [2.05, 4.69) is 39.8 Å². The Morgan fingerprint density at radius 1 is 1.00 bits per heavy atom. The van der Waals surface area contributed by atoms with E-state index in [1.165, 1.54) is 31.0 Å². The second-order valence-corrected chi connectivity index (χ2v) is 7.00. The van der Waals surface area contributed by atoms with Crippen LogP contribution in [0.25, 0.3) is 0 Å². The minimum Gasteiger partial charge on any atom is -0.372 e. The standard InChI is InChI=1S/C20H23F2N3S/c1-14(23-20(26)24-16-7-10-18(21)19(22)13-16)15-5-8-17(9-6-15)25-11-3-2-4-12-25/h5-10,13-14H,2-4,11-12H2,1H3,(H2,23,24,26)/t14-/m0/s1. The average Bonchev–Trinajstić information content (AvgIpc) is 2.65. The zero-order chi connectivity index (χ0) is 18.5. The molecule has 0 unspecified atom stereocenters. The number of piperidine rings is 1. The molecular weight excluding hydrogens is 352 g/mol. The molecule has 0 spiro atoms. The molecule has 138 valence electrons. The van der Waals surface area contributed by atoms with E-state index in [1.54, 1.807) is 0 Å². The molecule has 3 rings (SSSR count). The molecule has 1 saturated heterocycles. The first-order valence-corrected chi connectivity index (χ1v) is 9.31. The van der Waals surface area contributed by atoms with Crippen molar-refractivity contribution in [3.05, 3.63) is 59.7 Å². The molecule has 1 fully saturated rings. The van der Waals surface area contributed by atoms with Crippen LogP contribution in [-0.2, 0) is 0 Å². The number of nitrogens with zero attached hydrogens (tertiary/aromatic N) is 1. The van der Waals surface area contributed by atoms with Crippen LogP contribution in [-0.4, -0.2) is 18.2 Å². The molecule has 1 heterocycles. The largest absolute Gasteiger partial charge is 0.372 e. The zero-order valence-electron chi connectivity index (χ0n) is 14.8. The third kappa shape index (κ3) is 4.69. The number of hydrogen-bond donors (Lipinski definition) is 2. The van der Waals surface area contributed by atoms with Gasteiger partial charge < -0.3 is 15.5 Å². The molecule has 0 bridgehead atoms. The summed E-state index contributed by atoms with van der Waals surface area (Å²) in [5.41, 5.74) is 2.78. The molecule has 0 amide bonds. The van der Waals surface area contributed by atoms with Gasteiger partial charge in [0.2, 0.25) is 0 Å². The van der Waals surface area contributed by atoms with Crippen molar-refractivity contribution in [2.45, 2.75) is 32.2 Å². The maximum absolute atomic E-state index is 13.3. The fourth-order valence-electron chi connectivity index (χ4n) is 3.15. The predicted molar refractivity (Wildman–Crippen MR) is 107 cm³/mol. The Kier molecular flexibility index (Phi) is 6.04. The van der Waals surface area contributed by atoms with Gasteiger partial charge in [-0.2, -0.15) is 0 Å². The number of anilines is 2. The highest BCUT2D eigenvalue weighted by Gasteiger charge is 2.12. The molecule has 1 aliphatic heterocycles. The summed E-state index contributed by atoms with van der Waals surface area (Å²) in [7, 11) is 0. The molecule has 2 aromatic carbocycles. The predicted octanol–water partition coefficient (Wildman–Crippen LogP) is 5.00. The van der Waals surface area contributed by atoms with Crippen molar-refractivity contribution < 1.29 is 8.78 Å². The molecule has 1 aliphatic rings. The smallest absolute Gasteiger partial charge is 0.171 e. The summed E-state index contributed by atoms with van der Waals surface area (Å²) >= 11 is 5.27. The third-order valence-corrected chi connectivity index (χ3v) is 4.86. The lowest BCUT2D eigenvalue weighted by atomic mass is 10.1. The van der Waals surface area contributed by atoms with Gasteiger partial charge in [-0.15, -0.1) is 0 Å². The van der Waals surface area contributed by atoms with Crippen molar-refractivity contribution in [2.24, 2.45) is 0 Å². The Balaban J connectivity index is 1.57. The minimum atomic E-state index is -0.904. The first-order chi connectivity index (χ1) is 12.5. The SMILES string of the molecule is C[C@H](NC(=S)Nc1ccc(F)c(F)c1)c1ccc(N2CCCCC2)cc1. The molecular formula is C20H23F2N3S. The Morgan fingerprint density at radius 3 is 2.35 bits per heavy atom. The van der Waals surface area contributed by atoms with Crippen molar-refractivity contribution in [1.82, 2.24) is 5.32 Å². The Bertz CT molecular complexity index is 758. The van der Waals surface area contributed by atoms with E-state index in [1.807, 2.05) is 6.92 Å². The summed E-state index contributed by atoms with van der Waals surface area (Å²) in [5, 5.41) is 6.41. The molecule has 3 nitrogen and oxygen atoms in total. The molecule has 1 atom stereocenters. The Morgan fingerprint density at radius 2 is 1.69 bits per heavy atom. The number of nitrogens with one attached hydrogen (secondary N) is 2. The van der Waals surface area contributed by atoms with Crippen LogP contribution in [0.3, 0.4) is 0 Å². The highest BCUT2D eigenvalue weighted by Crippen LogP contribution is 2.22. The van der Waals surface area contributed by atoms with Crippen molar-refractivity contribution in [1.29, 1.82) is 0 Å². The van der Waals surface area contributed by atoms with Crippen LogP contribution in [0.5, 0.6) is 0 Å². The summed E-state index contributed by atoms with van der Waals surface area (Å²) < 4.78 is 26.2. The van der Waals surface area contributed by atoms with E-state index in [0.29, 0.717) is 10.8 Å². The zero-order valence-corrected chi connectivity index (χ0v) is 15.6. The van der Waals surface area contributed by atoms with Crippen molar-refractivity contribution in [3.8, 4) is 0 Å². The van der Waals surface area contributed by atoms with Crippen LogP contribution >= 0.6 is 12.2 Å². The number of halogens is 2. The third-order valence-electron chi connectivity index (χ3n) is 4.64. The Hall–Kier alpha value is -2.21. The lowest BCUT2D eigenvalue weighted by Gasteiger charge is -2.29. The van der Waals surface area contributed by atoms with E-state index in [-0.39, 0.29) is 6.04 Å². The van der Waals surface area contributed by atoms with E-state index < -0.39 is 11.6 Å². The molecule has 0 radical (unpaired) electrons. The fourth-order valence-corrected chi connectivity index (χ4v) is 3.44. The first kappa shape index (κ1) is 18.6. The van der Waals surface area contributed by atoms with Crippen LogP contribution < -0.4 is 15.5 Å². The van der Waals surface area contributed by atoms with Crippen LogP contribution in [0.1, 0.15) is 37.8 Å². The van der Waals surface area contributed by atoms with Crippen LogP contribution in [0.15, 0.2) is 42.5 Å². The highest BCUT2D eigenvalue weighted by atomic mass is 32.1. The van der Waals surface area contributed by atoms with Gasteiger partial charge in [-0.25, -0.2) is 8.78 Å². The summed E-state index contributed by atoms with van der Waals surface area (Å²) in [6, 6.07) is 12.1. The molecule has 6 heteroatoms. The highest BCUT2D eigenvalue weighted by molar-refractivity contribution is 7.80. The lowest BCUT2D eigenvalue weighted by Crippen LogP contribution is -2.31. The normalized spacial score (nSPS) is 15.4. The van der Waals surface area contributed by atoms with Gasteiger partial charge in [0.05, 0.1) is 6.04 Å². The van der Waals surface area contributed by atoms with E-state index >= 15 is 0 Å². The van der Waals surface area contributed by atoms with Crippen molar-refractivity contribution >= 4 is 28.7 Å². The second kappa shape index (κ2) is 8.45. The monoisotopic (exact) mass is 375 g/mol. The van der Waals surface area contributed by atoms with Gasteiger partial charge in [0, 0.05) is 30.5 Å². The molecule has 0 saturated carbocycles. The van der Waals surface area contributed by atoms with Gasteiger partial charge in [-0.1, -0.05) is 12.1 Å². The molecule has 0 aliphatic carbocycles. The van der Waals surface area contributed by atoms with Gasteiger partial charge in [0.15, 0.2) is 16.7 Å². The number of hydrogen-bond acceptors (Lipinski definition) is 2. The Labute approximate surface area is 158 Å². The van der Waals surface area contributed by atoms with Crippen LogP contribution in [0.2, 0.25) is 0 Å². The van der Waals surface area contributed by atoms with Gasteiger partial charge in [-0.3, -0.25) is 0 Å². The molecule has 0 aromatic heterocycles. The van der Waals surface area contributed by atoms with E-state index in [9.17, 15) is 8.78 Å². The number of rotatable bonds is 4. The van der Waals surface area contributed by atoms with Crippen LogP contribution in [0, 0.1) is 11.6 Å². The summed E-state index contributed by atoms with van der Waals surface area (Å²) in [4.78, 5) is 2.42. The summed E-state index contributed by atoms with van der Waals surface area (Å²) in [5.74, 6) is -1.78. The van der Waals surface area contributed by atoms with Gasteiger partial charge in [0.25, 0.3) is 0 Å². The summed E-state index contributed by atoms with van der Waals surface area (Å²) in [6.45, 7) is 4.25. The fraction of sp³-hybridized carbons (Fsp3) is 0.350. The van der Waals surface area contributed by atoms with Gasteiger partial charge >= 0.3 is 0 Å².